The molecule has 0 aromatic heterocycles. The number of carbonyl (C=O) groups is 1. The molecule has 3 N–H and O–H groups in total. The maximum absolute atomic E-state index is 13.0. The summed E-state index contributed by atoms with van der Waals surface area (Å²) in [5.41, 5.74) is 3.44. The van der Waals surface area contributed by atoms with Crippen molar-refractivity contribution >= 4 is 33.2 Å². The summed E-state index contributed by atoms with van der Waals surface area (Å²) in [7, 11) is -3.87. The molecule has 1 amide bonds. The van der Waals surface area contributed by atoms with E-state index in [0.717, 1.165) is 62.3 Å². The number of benzene rings is 2. The Labute approximate surface area is 235 Å². The number of aliphatic hydroxyl groups is 1. The van der Waals surface area contributed by atoms with Gasteiger partial charge in [0.15, 0.2) is 0 Å². The van der Waals surface area contributed by atoms with Crippen LogP contribution in [0.1, 0.15) is 60.0 Å². The highest BCUT2D eigenvalue weighted by atomic mass is 35.5. The van der Waals surface area contributed by atoms with Crippen LogP contribution in [-0.4, -0.2) is 57.7 Å². The van der Waals surface area contributed by atoms with Crippen LogP contribution in [-0.2, 0) is 21.9 Å². The number of aliphatic hydroxyl groups excluding tert-OH is 1. The minimum atomic E-state index is -3.87. The third-order valence-corrected chi connectivity index (χ3v) is 10.6. The Balaban J connectivity index is 1.39. The van der Waals surface area contributed by atoms with Crippen molar-refractivity contribution in [1.29, 1.82) is 0 Å². The third kappa shape index (κ3) is 5.51. The second kappa shape index (κ2) is 10.6. The third-order valence-electron chi connectivity index (χ3n) is 9.14. The molecule has 1 saturated carbocycles. The Morgan fingerprint density at radius 2 is 1.90 bits per heavy atom. The first kappa shape index (κ1) is 26.9. The standard InChI is InChI=1S/C29H36ClN3O5S/c30-23-7-8-24-20(14-23)2-1-11-29(24)17-33-16-22-4-3-19(22)6-10-27(34)31-12-13-39(36,37)32-28(35)21-5-9-26(38-18-29)25(33)15-21/h5,7-9,14-15,19,22,27,31,34H,1-4,6,10-13,16-18H2,(H,32,35)/t19-,22-,27?,29-/m0/s1. The van der Waals surface area contributed by atoms with Crippen molar-refractivity contribution < 1.29 is 23.1 Å². The van der Waals surface area contributed by atoms with Crippen LogP contribution in [0.4, 0.5) is 5.69 Å². The molecule has 2 bridgehead atoms. The molecule has 39 heavy (non-hydrogen) atoms. The number of nitrogens with one attached hydrogen (secondary N) is 2. The van der Waals surface area contributed by atoms with E-state index in [-0.39, 0.29) is 23.3 Å². The Morgan fingerprint density at radius 1 is 1.08 bits per heavy atom. The fraction of sp³-hybridized carbons (Fsp3) is 0.552. The minimum absolute atomic E-state index is 0.0679. The number of amides is 1. The smallest absolute Gasteiger partial charge is 0.264 e. The first-order chi connectivity index (χ1) is 18.7. The first-order valence-electron chi connectivity index (χ1n) is 14.0. The van der Waals surface area contributed by atoms with Gasteiger partial charge in [0, 0.05) is 35.6 Å². The monoisotopic (exact) mass is 573 g/mol. The van der Waals surface area contributed by atoms with Crippen molar-refractivity contribution in [2.24, 2.45) is 11.8 Å². The average Bonchev–Trinajstić information content (AvgIpc) is 3.03. The highest BCUT2D eigenvalue weighted by molar-refractivity contribution is 7.90. The van der Waals surface area contributed by atoms with E-state index in [1.807, 2.05) is 6.07 Å². The van der Waals surface area contributed by atoms with Crippen molar-refractivity contribution in [2.75, 3.05) is 36.9 Å². The molecule has 1 fully saturated rings. The fourth-order valence-corrected chi connectivity index (χ4v) is 7.97. The SMILES string of the molecule is O=C1NS(=O)(=O)CCNC(O)CC[C@@H]2CC[C@H]2CN2C[C@@]3(CCCc4cc(Cl)ccc43)COc3ccc1cc32. The molecule has 2 aliphatic carbocycles. The van der Waals surface area contributed by atoms with Gasteiger partial charge in [0.2, 0.25) is 10.0 Å². The van der Waals surface area contributed by atoms with Crippen molar-refractivity contribution in [3.63, 3.8) is 0 Å². The molecule has 4 aliphatic rings. The van der Waals surface area contributed by atoms with Crippen molar-refractivity contribution in [2.45, 2.75) is 56.6 Å². The number of carbonyl (C=O) groups excluding carboxylic acids is 1. The van der Waals surface area contributed by atoms with E-state index < -0.39 is 22.2 Å². The number of nitrogens with zero attached hydrogens (tertiary/aromatic N) is 1. The van der Waals surface area contributed by atoms with Gasteiger partial charge in [-0.1, -0.05) is 17.7 Å². The van der Waals surface area contributed by atoms with E-state index in [0.29, 0.717) is 30.6 Å². The van der Waals surface area contributed by atoms with E-state index in [9.17, 15) is 18.3 Å². The minimum Gasteiger partial charge on any atom is -0.490 e. The van der Waals surface area contributed by atoms with Crippen LogP contribution < -0.4 is 19.7 Å². The molecule has 8 nitrogen and oxygen atoms in total. The molecule has 210 valence electrons. The second-order valence-electron chi connectivity index (χ2n) is 11.7. The number of aryl methyl sites for hydroxylation is 1. The largest absolute Gasteiger partial charge is 0.490 e. The van der Waals surface area contributed by atoms with Gasteiger partial charge >= 0.3 is 0 Å². The molecule has 2 aromatic carbocycles. The number of hydrogen-bond acceptors (Lipinski definition) is 7. The fourth-order valence-electron chi connectivity index (χ4n) is 6.88. The van der Waals surface area contributed by atoms with Crippen LogP contribution in [0.3, 0.4) is 0 Å². The normalized spacial score (nSPS) is 30.7. The summed E-state index contributed by atoms with van der Waals surface area (Å²) in [5.74, 6) is 0.714. The molecule has 10 heteroatoms. The number of halogens is 1. The molecular formula is C29H36ClN3O5S. The summed E-state index contributed by atoms with van der Waals surface area (Å²) in [5, 5.41) is 14.0. The predicted molar refractivity (Wildman–Crippen MR) is 151 cm³/mol. The number of sulfonamides is 1. The number of anilines is 1. The van der Waals surface area contributed by atoms with E-state index in [1.165, 1.54) is 11.1 Å². The number of fused-ring (bicyclic) bond motifs is 4. The lowest BCUT2D eigenvalue weighted by molar-refractivity contribution is 0.0937. The molecule has 0 saturated heterocycles. The summed E-state index contributed by atoms with van der Waals surface area (Å²) in [6.07, 6.45) is 5.94. The van der Waals surface area contributed by atoms with Crippen LogP contribution in [0, 0.1) is 11.8 Å². The lowest BCUT2D eigenvalue weighted by Crippen LogP contribution is -2.48. The van der Waals surface area contributed by atoms with Gasteiger partial charge in [0.25, 0.3) is 5.91 Å². The Morgan fingerprint density at radius 3 is 2.72 bits per heavy atom. The van der Waals surface area contributed by atoms with Crippen LogP contribution >= 0.6 is 11.6 Å². The molecule has 2 aliphatic heterocycles. The molecule has 2 aromatic rings. The zero-order chi connectivity index (χ0) is 27.2. The van der Waals surface area contributed by atoms with Crippen LogP contribution in [0.5, 0.6) is 5.75 Å². The van der Waals surface area contributed by atoms with E-state index in [4.69, 9.17) is 16.3 Å². The summed E-state index contributed by atoms with van der Waals surface area (Å²) in [6, 6.07) is 11.4. The molecule has 1 spiro atoms. The van der Waals surface area contributed by atoms with Crippen LogP contribution in [0.2, 0.25) is 5.02 Å². The summed E-state index contributed by atoms with van der Waals surface area (Å²) in [6.45, 7) is 2.15. The van der Waals surface area contributed by atoms with Crippen LogP contribution in [0.25, 0.3) is 0 Å². The Bertz CT molecular complexity index is 1370. The quantitative estimate of drug-likeness (QED) is 0.442. The van der Waals surface area contributed by atoms with Gasteiger partial charge in [-0.3, -0.25) is 10.1 Å². The maximum Gasteiger partial charge on any atom is 0.264 e. The summed E-state index contributed by atoms with van der Waals surface area (Å²) in [4.78, 5) is 15.4. The molecule has 0 radical (unpaired) electrons. The molecule has 4 atom stereocenters. The maximum atomic E-state index is 13.0. The van der Waals surface area contributed by atoms with Gasteiger partial charge in [-0.25, -0.2) is 13.1 Å². The van der Waals surface area contributed by atoms with Gasteiger partial charge < -0.3 is 14.7 Å². The molecule has 6 rings (SSSR count). The Kier molecular flexibility index (Phi) is 7.29. The summed E-state index contributed by atoms with van der Waals surface area (Å²) >= 11 is 6.36. The highest BCUT2D eigenvalue weighted by Crippen LogP contribution is 2.46. The van der Waals surface area contributed by atoms with E-state index in [1.54, 1.807) is 18.2 Å². The molecule has 2 heterocycles. The zero-order valence-corrected chi connectivity index (χ0v) is 23.6. The number of hydrogen-bond donors (Lipinski definition) is 3. The number of ether oxygens (including phenoxy) is 1. The first-order valence-corrected chi connectivity index (χ1v) is 16.0. The average molecular weight is 574 g/mol. The van der Waals surface area contributed by atoms with Gasteiger partial charge in [0.1, 0.15) is 12.0 Å². The second-order valence-corrected chi connectivity index (χ2v) is 14.0. The lowest BCUT2D eigenvalue weighted by atomic mass is 9.69. The van der Waals surface area contributed by atoms with Gasteiger partial charge in [-0.2, -0.15) is 0 Å². The van der Waals surface area contributed by atoms with Gasteiger partial charge in [-0.05, 0) is 98.2 Å². The Hall–Kier alpha value is -2.33. The lowest BCUT2D eigenvalue weighted by Gasteiger charge is -2.45. The van der Waals surface area contributed by atoms with Crippen molar-refractivity contribution in [3.8, 4) is 5.75 Å². The number of rotatable bonds is 0. The molecule has 1 unspecified atom stereocenters. The van der Waals surface area contributed by atoms with E-state index in [2.05, 4.69) is 27.1 Å². The van der Waals surface area contributed by atoms with Crippen LogP contribution in [0.15, 0.2) is 36.4 Å². The van der Waals surface area contributed by atoms with Crippen molar-refractivity contribution in [1.82, 2.24) is 10.0 Å². The summed E-state index contributed by atoms with van der Waals surface area (Å²) < 4.78 is 33.8. The predicted octanol–water partition coefficient (Wildman–Crippen LogP) is 3.60. The van der Waals surface area contributed by atoms with Crippen molar-refractivity contribution in [3.05, 3.63) is 58.1 Å². The highest BCUT2D eigenvalue weighted by Gasteiger charge is 2.43. The topological polar surface area (TPSA) is 108 Å². The van der Waals surface area contributed by atoms with Gasteiger partial charge in [-0.15, -0.1) is 0 Å². The van der Waals surface area contributed by atoms with E-state index >= 15 is 0 Å². The molecular weight excluding hydrogens is 538 g/mol. The van der Waals surface area contributed by atoms with Gasteiger partial charge in [0.05, 0.1) is 18.0 Å². The zero-order valence-electron chi connectivity index (χ0n) is 22.0.